The van der Waals surface area contributed by atoms with Crippen molar-refractivity contribution >= 4 is 22.9 Å². The van der Waals surface area contributed by atoms with Crippen molar-refractivity contribution in [2.45, 2.75) is 20.8 Å². The van der Waals surface area contributed by atoms with Crippen LogP contribution in [0.25, 0.3) is 16.9 Å². The van der Waals surface area contributed by atoms with Crippen LogP contribution in [-0.4, -0.2) is 45.9 Å². The van der Waals surface area contributed by atoms with Gasteiger partial charge in [-0.1, -0.05) is 25.4 Å². The summed E-state index contributed by atoms with van der Waals surface area (Å²) in [5, 5.41) is 4.96. The van der Waals surface area contributed by atoms with Crippen molar-refractivity contribution in [2.75, 3.05) is 31.2 Å². The summed E-state index contributed by atoms with van der Waals surface area (Å²) in [6.07, 6.45) is 3.51. The molecule has 1 saturated heterocycles. The third-order valence-corrected chi connectivity index (χ3v) is 4.23. The molecule has 0 N–H and O–H groups in total. The fraction of sp³-hybridized carbons (Fsp3) is 0.389. The highest BCUT2D eigenvalue weighted by molar-refractivity contribution is 6.29. The Morgan fingerprint density at radius 3 is 2.60 bits per heavy atom. The van der Waals surface area contributed by atoms with Crippen LogP contribution < -0.4 is 4.90 Å². The van der Waals surface area contributed by atoms with E-state index in [1.807, 2.05) is 49.7 Å². The van der Waals surface area contributed by atoms with E-state index in [2.05, 4.69) is 15.0 Å². The molecule has 0 amide bonds. The molecule has 3 aromatic rings. The van der Waals surface area contributed by atoms with Crippen molar-refractivity contribution in [1.82, 2.24) is 19.6 Å². The molecule has 0 aliphatic carbocycles. The third kappa shape index (κ3) is 3.45. The van der Waals surface area contributed by atoms with Crippen LogP contribution in [-0.2, 0) is 4.74 Å². The molecule has 7 heteroatoms. The van der Waals surface area contributed by atoms with Gasteiger partial charge in [0.1, 0.15) is 5.15 Å². The van der Waals surface area contributed by atoms with E-state index in [0.29, 0.717) is 5.15 Å². The van der Waals surface area contributed by atoms with Crippen molar-refractivity contribution in [3.63, 3.8) is 0 Å². The second kappa shape index (κ2) is 7.80. The molecule has 1 fully saturated rings. The fourth-order valence-corrected chi connectivity index (χ4v) is 3.15. The van der Waals surface area contributed by atoms with Gasteiger partial charge in [0.2, 0.25) is 0 Å². The summed E-state index contributed by atoms with van der Waals surface area (Å²) in [6, 6.07) is 5.77. The van der Waals surface area contributed by atoms with E-state index in [4.69, 9.17) is 21.3 Å². The number of morpholine rings is 1. The standard InChI is InChI=1S/C16H16ClN5O.C2H6/c1-11-15(12-2-4-18-14(17)10-12)22-16(20-11)13(3-5-19-22)21-6-8-23-9-7-21;1-2/h2-5,10H,6-9H2,1H3;1-2H3. The summed E-state index contributed by atoms with van der Waals surface area (Å²) in [6.45, 7) is 9.19. The molecule has 132 valence electrons. The predicted molar refractivity (Wildman–Crippen MR) is 100 cm³/mol. The number of aromatic nitrogens is 4. The van der Waals surface area contributed by atoms with Crippen LogP contribution in [0.15, 0.2) is 30.6 Å². The van der Waals surface area contributed by atoms with Crippen LogP contribution in [0.5, 0.6) is 0 Å². The average Bonchev–Trinajstić information content (AvgIpc) is 3.00. The molecular weight excluding hydrogens is 338 g/mol. The number of aryl methyl sites for hydroxylation is 1. The first-order chi connectivity index (χ1) is 12.2. The van der Waals surface area contributed by atoms with E-state index < -0.39 is 0 Å². The third-order valence-electron chi connectivity index (χ3n) is 4.02. The number of nitrogens with zero attached hydrogens (tertiary/aromatic N) is 5. The largest absolute Gasteiger partial charge is 0.378 e. The van der Waals surface area contributed by atoms with E-state index in [9.17, 15) is 0 Å². The maximum Gasteiger partial charge on any atom is 0.178 e. The van der Waals surface area contributed by atoms with E-state index in [1.165, 1.54) is 0 Å². The maximum absolute atomic E-state index is 6.03. The number of hydrogen-bond donors (Lipinski definition) is 0. The number of imidazole rings is 1. The molecule has 0 radical (unpaired) electrons. The van der Waals surface area contributed by atoms with Crippen molar-refractivity contribution < 1.29 is 4.74 Å². The van der Waals surface area contributed by atoms with Gasteiger partial charge in [-0.05, 0) is 25.1 Å². The van der Waals surface area contributed by atoms with Gasteiger partial charge in [-0.25, -0.2) is 14.5 Å². The summed E-state index contributed by atoms with van der Waals surface area (Å²) < 4.78 is 7.32. The van der Waals surface area contributed by atoms with Gasteiger partial charge >= 0.3 is 0 Å². The zero-order valence-corrected chi connectivity index (χ0v) is 15.5. The fourth-order valence-electron chi connectivity index (χ4n) is 2.97. The highest BCUT2D eigenvalue weighted by atomic mass is 35.5. The van der Waals surface area contributed by atoms with Crippen molar-refractivity contribution in [2.24, 2.45) is 0 Å². The Kier molecular flexibility index (Phi) is 5.50. The first-order valence-corrected chi connectivity index (χ1v) is 8.91. The van der Waals surface area contributed by atoms with Crippen LogP contribution in [0.4, 0.5) is 5.69 Å². The molecule has 0 unspecified atom stereocenters. The second-order valence-electron chi connectivity index (χ2n) is 5.46. The van der Waals surface area contributed by atoms with Gasteiger partial charge in [0.15, 0.2) is 5.65 Å². The van der Waals surface area contributed by atoms with Gasteiger partial charge in [0.25, 0.3) is 0 Å². The quantitative estimate of drug-likeness (QED) is 0.654. The minimum atomic E-state index is 0.459. The molecule has 25 heavy (non-hydrogen) atoms. The lowest BCUT2D eigenvalue weighted by molar-refractivity contribution is 0.123. The van der Waals surface area contributed by atoms with Gasteiger partial charge in [-0.3, -0.25) is 0 Å². The normalized spacial score (nSPS) is 14.3. The molecule has 4 rings (SSSR count). The molecule has 0 bridgehead atoms. The minimum Gasteiger partial charge on any atom is -0.378 e. The summed E-state index contributed by atoms with van der Waals surface area (Å²) in [7, 11) is 0. The van der Waals surface area contributed by atoms with E-state index in [-0.39, 0.29) is 0 Å². The molecule has 0 spiro atoms. The molecule has 1 aliphatic rings. The van der Waals surface area contributed by atoms with Crippen molar-refractivity contribution in [3.8, 4) is 11.3 Å². The number of halogens is 1. The maximum atomic E-state index is 6.03. The van der Waals surface area contributed by atoms with E-state index in [0.717, 1.165) is 54.6 Å². The van der Waals surface area contributed by atoms with Gasteiger partial charge in [0.05, 0.1) is 36.5 Å². The zero-order valence-electron chi connectivity index (χ0n) is 14.7. The Morgan fingerprint density at radius 2 is 1.88 bits per heavy atom. The minimum absolute atomic E-state index is 0.459. The number of rotatable bonds is 2. The molecule has 0 saturated carbocycles. The topological polar surface area (TPSA) is 55.5 Å². The lowest BCUT2D eigenvalue weighted by Gasteiger charge is -2.28. The number of hydrogen-bond acceptors (Lipinski definition) is 5. The number of fused-ring (bicyclic) bond motifs is 1. The number of anilines is 1. The summed E-state index contributed by atoms with van der Waals surface area (Å²) in [4.78, 5) is 11.1. The smallest absolute Gasteiger partial charge is 0.178 e. The highest BCUT2D eigenvalue weighted by Gasteiger charge is 2.19. The Hall–Kier alpha value is -2.18. The van der Waals surface area contributed by atoms with Crippen LogP contribution in [0.3, 0.4) is 0 Å². The zero-order chi connectivity index (χ0) is 17.8. The summed E-state index contributed by atoms with van der Waals surface area (Å²) in [5.41, 5.74) is 4.76. The first kappa shape index (κ1) is 17.6. The van der Waals surface area contributed by atoms with E-state index in [1.54, 1.807) is 6.20 Å². The lowest BCUT2D eigenvalue weighted by Crippen LogP contribution is -2.36. The summed E-state index contributed by atoms with van der Waals surface area (Å²) in [5.74, 6) is 0. The van der Waals surface area contributed by atoms with Gasteiger partial charge in [-0.15, -0.1) is 0 Å². The van der Waals surface area contributed by atoms with Crippen LogP contribution in [0.2, 0.25) is 5.15 Å². The molecule has 3 aromatic heterocycles. The SMILES string of the molecule is CC.Cc1nc2c(N3CCOCC3)ccnn2c1-c1ccnc(Cl)c1. The molecule has 0 aromatic carbocycles. The molecule has 6 nitrogen and oxygen atoms in total. The molecule has 1 aliphatic heterocycles. The average molecular weight is 360 g/mol. The number of pyridine rings is 1. The highest BCUT2D eigenvalue weighted by Crippen LogP contribution is 2.29. The van der Waals surface area contributed by atoms with Gasteiger partial charge in [-0.2, -0.15) is 5.10 Å². The number of ether oxygens (including phenoxy) is 1. The van der Waals surface area contributed by atoms with Gasteiger partial charge in [0, 0.05) is 24.8 Å². The van der Waals surface area contributed by atoms with Crippen LogP contribution in [0.1, 0.15) is 19.5 Å². The Morgan fingerprint density at radius 1 is 1.12 bits per heavy atom. The predicted octanol–water partition coefficient (Wildman–Crippen LogP) is 3.62. The Bertz CT molecular complexity index is 858. The van der Waals surface area contributed by atoms with E-state index >= 15 is 0 Å². The summed E-state index contributed by atoms with van der Waals surface area (Å²) >= 11 is 6.03. The monoisotopic (exact) mass is 359 g/mol. The van der Waals surface area contributed by atoms with Crippen molar-refractivity contribution in [1.29, 1.82) is 0 Å². The van der Waals surface area contributed by atoms with Crippen LogP contribution >= 0.6 is 11.6 Å². The molecular formula is C18H22ClN5O. The lowest BCUT2D eigenvalue weighted by atomic mass is 10.2. The Balaban J connectivity index is 0.000000880. The molecule has 4 heterocycles. The second-order valence-corrected chi connectivity index (χ2v) is 5.85. The Labute approximate surface area is 152 Å². The molecule has 0 atom stereocenters. The first-order valence-electron chi connectivity index (χ1n) is 8.53. The van der Waals surface area contributed by atoms with Gasteiger partial charge < -0.3 is 9.64 Å². The van der Waals surface area contributed by atoms with Crippen molar-refractivity contribution in [3.05, 3.63) is 41.4 Å². The van der Waals surface area contributed by atoms with Crippen LogP contribution in [0, 0.1) is 6.92 Å².